The molecule has 2 rings (SSSR count). The monoisotopic (exact) mass is 290 g/mol. The summed E-state index contributed by atoms with van der Waals surface area (Å²) >= 11 is 1.26. The molecule has 6 nitrogen and oxygen atoms in total. The lowest BCUT2D eigenvalue weighted by Gasteiger charge is -2.29. The van der Waals surface area contributed by atoms with Gasteiger partial charge in [-0.25, -0.2) is 0 Å². The topological polar surface area (TPSA) is 70.1 Å². The minimum absolute atomic E-state index is 0.113. The van der Waals surface area contributed by atoms with Crippen LogP contribution < -0.4 is 0 Å². The van der Waals surface area contributed by atoms with Gasteiger partial charge in [-0.15, -0.1) is 15.2 Å². The molecule has 1 aromatic rings. The maximum absolute atomic E-state index is 12.6. The number of nitriles is 1. The lowest BCUT2D eigenvalue weighted by molar-refractivity contribution is -0.147. The number of hydrogen-bond donors (Lipinski definition) is 0. The normalized spacial score (nSPS) is 16.2. The number of aliphatic imine (C=N–C) groups is 1. The van der Waals surface area contributed by atoms with E-state index in [0.717, 1.165) is 4.57 Å². The van der Waals surface area contributed by atoms with Crippen molar-refractivity contribution >= 4 is 16.9 Å². The first-order valence-corrected chi connectivity index (χ1v) is 6.45. The van der Waals surface area contributed by atoms with Crippen molar-refractivity contribution in [3.05, 3.63) is 11.6 Å². The molecule has 0 bridgehead atoms. The second kappa shape index (κ2) is 5.08. The van der Waals surface area contributed by atoms with Gasteiger partial charge >= 0.3 is 6.18 Å². The van der Waals surface area contributed by atoms with Gasteiger partial charge in [0.05, 0.1) is 6.54 Å². The van der Waals surface area contributed by atoms with Crippen LogP contribution in [0.3, 0.4) is 0 Å². The van der Waals surface area contributed by atoms with E-state index in [0.29, 0.717) is 11.7 Å². The van der Waals surface area contributed by atoms with Gasteiger partial charge in [0, 0.05) is 13.1 Å². The van der Waals surface area contributed by atoms with E-state index in [4.69, 9.17) is 5.26 Å². The highest BCUT2D eigenvalue weighted by atomic mass is 32.2. The van der Waals surface area contributed by atoms with E-state index in [9.17, 15) is 13.2 Å². The van der Waals surface area contributed by atoms with Gasteiger partial charge in [0.15, 0.2) is 11.0 Å². The molecular formula is C9H9F3N6S. The van der Waals surface area contributed by atoms with Crippen LogP contribution in [0.5, 0.6) is 0 Å². The Balaban J connectivity index is 2.25. The van der Waals surface area contributed by atoms with Crippen molar-refractivity contribution in [2.24, 2.45) is 4.99 Å². The van der Waals surface area contributed by atoms with E-state index in [1.165, 1.54) is 11.8 Å². The molecule has 0 saturated heterocycles. The largest absolute Gasteiger partial charge is 0.451 e. The number of alkyl halides is 3. The van der Waals surface area contributed by atoms with Crippen LogP contribution in [-0.2, 0) is 19.3 Å². The third-order valence-electron chi connectivity index (χ3n) is 2.61. The summed E-state index contributed by atoms with van der Waals surface area (Å²) in [5, 5.41) is 15.7. The Labute approximate surface area is 110 Å². The van der Waals surface area contributed by atoms with Crippen LogP contribution in [0.4, 0.5) is 13.2 Å². The summed E-state index contributed by atoms with van der Waals surface area (Å²) in [5.74, 6) is -0.761. The molecule has 0 spiro atoms. The summed E-state index contributed by atoms with van der Waals surface area (Å²) in [6.45, 7) is 0.599. The van der Waals surface area contributed by atoms with Gasteiger partial charge in [-0.3, -0.25) is 0 Å². The Morgan fingerprint density at radius 2 is 2.16 bits per heavy atom. The molecule has 0 aliphatic carbocycles. The molecule has 0 unspecified atom stereocenters. The Kier molecular flexibility index (Phi) is 3.66. The molecule has 0 aromatic carbocycles. The van der Waals surface area contributed by atoms with E-state index in [2.05, 4.69) is 15.2 Å². The standard InChI is InChI=1S/C9H9F3N6S/c1-19-8(14-5-13)17-2-3-18-6(4-17)15-16-7(18)9(10,11)12/h2-4H2,1H3. The van der Waals surface area contributed by atoms with Crippen molar-refractivity contribution in [3.8, 4) is 6.19 Å². The van der Waals surface area contributed by atoms with Gasteiger partial charge < -0.3 is 9.47 Å². The molecule has 102 valence electrons. The van der Waals surface area contributed by atoms with Gasteiger partial charge in [0.2, 0.25) is 12.0 Å². The average molecular weight is 290 g/mol. The number of thioether (sulfide) groups is 1. The van der Waals surface area contributed by atoms with Crippen LogP contribution in [0.2, 0.25) is 0 Å². The SMILES string of the molecule is CSC(=NC#N)N1CCn2c(nnc2C(F)(F)F)C1. The third kappa shape index (κ3) is 2.65. The van der Waals surface area contributed by atoms with Crippen LogP contribution in [0.25, 0.3) is 0 Å². The van der Waals surface area contributed by atoms with E-state index in [1.807, 2.05) is 0 Å². The van der Waals surface area contributed by atoms with Gasteiger partial charge in [0.1, 0.15) is 0 Å². The summed E-state index contributed by atoms with van der Waals surface area (Å²) in [6, 6.07) is 0. The average Bonchev–Trinajstić information content (AvgIpc) is 2.78. The molecule has 0 atom stereocenters. The van der Waals surface area contributed by atoms with Gasteiger partial charge in [-0.2, -0.15) is 18.4 Å². The minimum atomic E-state index is -4.50. The predicted molar refractivity (Wildman–Crippen MR) is 62.0 cm³/mol. The van der Waals surface area contributed by atoms with E-state index in [-0.39, 0.29) is 18.9 Å². The number of nitrogens with zero attached hydrogens (tertiary/aromatic N) is 6. The first-order valence-electron chi connectivity index (χ1n) is 5.22. The molecule has 0 fully saturated rings. The Morgan fingerprint density at radius 3 is 2.74 bits per heavy atom. The van der Waals surface area contributed by atoms with Crippen LogP contribution >= 0.6 is 11.8 Å². The number of aromatic nitrogens is 3. The molecule has 2 heterocycles. The summed E-state index contributed by atoms with van der Waals surface area (Å²) in [4.78, 5) is 5.33. The fourth-order valence-electron chi connectivity index (χ4n) is 1.82. The molecule has 1 aromatic heterocycles. The van der Waals surface area contributed by atoms with Crippen LogP contribution in [0, 0.1) is 11.5 Å². The van der Waals surface area contributed by atoms with Crippen molar-refractivity contribution in [1.29, 1.82) is 5.26 Å². The smallest absolute Gasteiger partial charge is 0.341 e. The quantitative estimate of drug-likeness (QED) is 0.409. The summed E-state index contributed by atoms with van der Waals surface area (Å²) in [5.41, 5.74) is 0. The second-order valence-electron chi connectivity index (χ2n) is 3.71. The van der Waals surface area contributed by atoms with Gasteiger partial charge in [0.25, 0.3) is 0 Å². The molecular weight excluding hydrogens is 281 g/mol. The van der Waals surface area contributed by atoms with Crippen molar-refractivity contribution in [1.82, 2.24) is 19.7 Å². The fourth-order valence-corrected chi connectivity index (χ4v) is 2.37. The number of amidine groups is 1. The zero-order valence-corrected chi connectivity index (χ0v) is 10.7. The van der Waals surface area contributed by atoms with E-state index in [1.54, 1.807) is 17.3 Å². The minimum Gasteiger partial charge on any atom is -0.341 e. The zero-order chi connectivity index (χ0) is 14.0. The zero-order valence-electron chi connectivity index (χ0n) is 9.85. The Bertz CT molecular complexity index is 543. The maximum Gasteiger partial charge on any atom is 0.451 e. The van der Waals surface area contributed by atoms with Crippen molar-refractivity contribution in [2.75, 3.05) is 12.8 Å². The molecule has 0 amide bonds. The van der Waals surface area contributed by atoms with Crippen LogP contribution in [0.15, 0.2) is 4.99 Å². The molecule has 0 N–H and O–H groups in total. The van der Waals surface area contributed by atoms with Gasteiger partial charge in [-0.1, -0.05) is 11.8 Å². The Morgan fingerprint density at radius 1 is 1.42 bits per heavy atom. The molecule has 1 aliphatic heterocycles. The van der Waals surface area contributed by atoms with Crippen molar-refractivity contribution in [3.63, 3.8) is 0 Å². The summed E-state index contributed by atoms with van der Waals surface area (Å²) in [7, 11) is 0. The van der Waals surface area contributed by atoms with Crippen LogP contribution in [0.1, 0.15) is 11.6 Å². The van der Waals surface area contributed by atoms with Crippen LogP contribution in [-0.4, -0.2) is 37.6 Å². The highest BCUT2D eigenvalue weighted by molar-refractivity contribution is 8.13. The predicted octanol–water partition coefficient (Wildman–Crippen LogP) is 1.31. The molecule has 10 heteroatoms. The third-order valence-corrected chi connectivity index (χ3v) is 3.32. The first-order chi connectivity index (χ1) is 8.97. The van der Waals surface area contributed by atoms with Crippen molar-refractivity contribution in [2.45, 2.75) is 19.3 Å². The Hall–Kier alpha value is -1.76. The summed E-state index contributed by atoms with van der Waals surface area (Å²) in [6.07, 6.45) is -1.08. The number of halogens is 3. The van der Waals surface area contributed by atoms with E-state index < -0.39 is 12.0 Å². The summed E-state index contributed by atoms with van der Waals surface area (Å²) < 4.78 is 39.0. The fraction of sp³-hybridized carbons (Fsp3) is 0.556. The van der Waals surface area contributed by atoms with Crippen molar-refractivity contribution < 1.29 is 13.2 Å². The number of fused-ring (bicyclic) bond motifs is 1. The second-order valence-corrected chi connectivity index (χ2v) is 4.48. The lowest BCUT2D eigenvalue weighted by atomic mass is 10.3. The highest BCUT2D eigenvalue weighted by Gasteiger charge is 2.39. The molecule has 19 heavy (non-hydrogen) atoms. The maximum atomic E-state index is 12.6. The lowest BCUT2D eigenvalue weighted by Crippen LogP contribution is -2.38. The number of hydrogen-bond acceptors (Lipinski definition) is 5. The molecule has 0 radical (unpaired) electrons. The van der Waals surface area contributed by atoms with Gasteiger partial charge in [-0.05, 0) is 6.26 Å². The molecule has 0 saturated carbocycles. The number of rotatable bonds is 0. The highest BCUT2D eigenvalue weighted by Crippen LogP contribution is 2.29. The van der Waals surface area contributed by atoms with E-state index >= 15 is 0 Å². The molecule has 1 aliphatic rings. The first kappa shape index (κ1) is 13.7.